The van der Waals surface area contributed by atoms with Gasteiger partial charge in [-0.05, 0) is 46.7 Å². The fourth-order valence-electron chi connectivity index (χ4n) is 2.96. The molecule has 0 unspecified atom stereocenters. The van der Waals surface area contributed by atoms with Crippen LogP contribution in [0.2, 0.25) is 0 Å². The predicted molar refractivity (Wildman–Crippen MR) is 93.3 cm³/mol. The summed E-state index contributed by atoms with van der Waals surface area (Å²) in [4.78, 5) is 27.3. The number of carboxylic acid groups (broad SMARTS) is 1. The van der Waals surface area contributed by atoms with Crippen molar-refractivity contribution in [2.75, 3.05) is 0 Å². The molecule has 126 valence electrons. The third kappa shape index (κ3) is 3.30. The number of benzene rings is 1. The van der Waals surface area contributed by atoms with E-state index < -0.39 is 11.9 Å². The quantitative estimate of drug-likeness (QED) is 0.874. The molecule has 1 amide bonds. The number of carbonyl (C=O) groups is 2. The Labute approximate surface area is 141 Å². The second-order valence-electron chi connectivity index (χ2n) is 6.41. The first-order chi connectivity index (χ1) is 11.2. The van der Waals surface area contributed by atoms with Crippen molar-refractivity contribution in [2.45, 2.75) is 39.5 Å². The summed E-state index contributed by atoms with van der Waals surface area (Å²) >= 11 is 0. The third-order valence-corrected chi connectivity index (χ3v) is 4.00. The number of primary amides is 1. The molecule has 0 saturated heterocycles. The van der Waals surface area contributed by atoms with E-state index in [1.54, 1.807) is 18.2 Å². The first kappa shape index (κ1) is 17.7. The summed E-state index contributed by atoms with van der Waals surface area (Å²) in [6.07, 6.45) is 1.45. The summed E-state index contributed by atoms with van der Waals surface area (Å²) in [6.45, 7) is 8.17. The fraction of sp³-hybridized carbons (Fsp3) is 0.316. The molecule has 0 saturated carbocycles. The normalized spacial score (nSPS) is 11.1. The van der Waals surface area contributed by atoms with Gasteiger partial charge < -0.3 is 10.8 Å². The molecule has 2 aromatic rings. The molecular formula is C19H22N2O3. The second-order valence-corrected chi connectivity index (χ2v) is 6.41. The van der Waals surface area contributed by atoms with Crippen molar-refractivity contribution in [1.29, 1.82) is 0 Å². The lowest BCUT2D eigenvalue weighted by molar-refractivity contribution is 0.0691. The lowest BCUT2D eigenvalue weighted by atomic mass is 9.82. The van der Waals surface area contributed by atoms with E-state index in [0.29, 0.717) is 16.7 Å². The average molecular weight is 326 g/mol. The highest BCUT2D eigenvalue weighted by Gasteiger charge is 2.22. The van der Waals surface area contributed by atoms with Gasteiger partial charge in [0, 0.05) is 17.3 Å². The van der Waals surface area contributed by atoms with Gasteiger partial charge in [-0.1, -0.05) is 33.8 Å². The van der Waals surface area contributed by atoms with Gasteiger partial charge in [-0.25, -0.2) is 9.78 Å². The lowest BCUT2D eigenvalue weighted by Crippen LogP contribution is -2.14. The molecule has 5 heteroatoms. The summed E-state index contributed by atoms with van der Waals surface area (Å²) in [5, 5.41) is 9.46. The Balaban J connectivity index is 2.91. The number of nitrogens with zero attached hydrogens (tertiary/aromatic N) is 1. The maximum absolute atomic E-state index is 11.7. The minimum absolute atomic E-state index is 0.0317. The number of hydrogen-bond donors (Lipinski definition) is 2. The smallest absolute Gasteiger partial charge is 0.355 e. The van der Waals surface area contributed by atoms with Gasteiger partial charge in [-0.2, -0.15) is 0 Å². The number of amides is 1. The van der Waals surface area contributed by atoms with E-state index in [-0.39, 0.29) is 17.5 Å². The topological polar surface area (TPSA) is 93.3 Å². The zero-order valence-electron chi connectivity index (χ0n) is 14.3. The van der Waals surface area contributed by atoms with Crippen LogP contribution in [0.5, 0.6) is 0 Å². The van der Waals surface area contributed by atoms with E-state index in [0.717, 1.165) is 11.1 Å². The molecule has 0 bridgehead atoms. The average Bonchev–Trinajstić information content (AvgIpc) is 2.53. The zero-order chi connectivity index (χ0) is 18.0. The molecule has 0 radical (unpaired) electrons. The monoisotopic (exact) mass is 326 g/mol. The minimum atomic E-state index is -1.10. The maximum atomic E-state index is 11.7. The highest BCUT2D eigenvalue weighted by molar-refractivity contribution is 5.98. The Morgan fingerprint density at radius 3 is 2.25 bits per heavy atom. The van der Waals surface area contributed by atoms with Crippen molar-refractivity contribution in [3.8, 4) is 11.1 Å². The van der Waals surface area contributed by atoms with Crippen molar-refractivity contribution in [1.82, 2.24) is 4.98 Å². The first-order valence-corrected chi connectivity index (χ1v) is 7.90. The van der Waals surface area contributed by atoms with Gasteiger partial charge in [0.1, 0.15) is 0 Å². The summed E-state index contributed by atoms with van der Waals surface area (Å²) in [5.74, 6) is -1.31. The molecule has 0 aliphatic heterocycles. The van der Waals surface area contributed by atoms with E-state index in [4.69, 9.17) is 5.73 Å². The van der Waals surface area contributed by atoms with Gasteiger partial charge in [0.05, 0.1) is 0 Å². The SMILES string of the molecule is CC(C)c1cc(C(N)=O)cc(-c2cccnc2C(=O)O)c1C(C)C. The molecule has 1 aromatic carbocycles. The molecule has 0 atom stereocenters. The highest BCUT2D eigenvalue weighted by Crippen LogP contribution is 2.37. The molecule has 5 nitrogen and oxygen atoms in total. The van der Waals surface area contributed by atoms with Crippen LogP contribution in [-0.2, 0) is 0 Å². The number of rotatable bonds is 5. The van der Waals surface area contributed by atoms with Crippen molar-refractivity contribution in [2.24, 2.45) is 5.73 Å². The Kier molecular flexibility index (Phi) is 5.02. The molecule has 0 spiro atoms. The van der Waals surface area contributed by atoms with Crippen LogP contribution in [0.25, 0.3) is 11.1 Å². The Bertz CT molecular complexity index is 795. The van der Waals surface area contributed by atoms with E-state index >= 15 is 0 Å². The fourth-order valence-corrected chi connectivity index (χ4v) is 2.96. The number of nitrogens with two attached hydrogens (primary N) is 1. The van der Waals surface area contributed by atoms with Crippen LogP contribution in [0.4, 0.5) is 0 Å². The summed E-state index contributed by atoms with van der Waals surface area (Å²) in [7, 11) is 0. The van der Waals surface area contributed by atoms with Gasteiger partial charge in [-0.15, -0.1) is 0 Å². The number of aromatic nitrogens is 1. The molecule has 1 heterocycles. The van der Waals surface area contributed by atoms with Crippen molar-refractivity contribution >= 4 is 11.9 Å². The van der Waals surface area contributed by atoms with Crippen molar-refractivity contribution < 1.29 is 14.7 Å². The van der Waals surface area contributed by atoms with Crippen LogP contribution in [0.15, 0.2) is 30.5 Å². The minimum Gasteiger partial charge on any atom is -0.476 e. The Hall–Kier alpha value is -2.69. The van der Waals surface area contributed by atoms with Crippen LogP contribution in [0.3, 0.4) is 0 Å². The lowest BCUT2D eigenvalue weighted by Gasteiger charge is -2.22. The molecule has 0 aliphatic rings. The molecule has 2 rings (SSSR count). The molecule has 0 aliphatic carbocycles. The van der Waals surface area contributed by atoms with Crippen molar-refractivity contribution in [3.05, 3.63) is 52.8 Å². The maximum Gasteiger partial charge on any atom is 0.355 e. The van der Waals surface area contributed by atoms with Crippen LogP contribution < -0.4 is 5.73 Å². The molecular weight excluding hydrogens is 304 g/mol. The largest absolute Gasteiger partial charge is 0.476 e. The van der Waals surface area contributed by atoms with Crippen LogP contribution in [0, 0.1) is 0 Å². The van der Waals surface area contributed by atoms with E-state index in [9.17, 15) is 14.7 Å². The van der Waals surface area contributed by atoms with Crippen LogP contribution in [0.1, 0.15) is 71.5 Å². The first-order valence-electron chi connectivity index (χ1n) is 7.90. The standard InChI is InChI=1S/C19H22N2O3/c1-10(2)14-8-12(18(20)22)9-15(16(14)11(3)4)13-6-5-7-21-17(13)19(23)24/h5-11H,1-4H3,(H2,20,22)(H,23,24). The summed E-state index contributed by atoms with van der Waals surface area (Å²) < 4.78 is 0. The van der Waals surface area contributed by atoms with Gasteiger partial charge in [0.15, 0.2) is 5.69 Å². The molecule has 24 heavy (non-hydrogen) atoms. The number of hydrogen-bond acceptors (Lipinski definition) is 3. The molecule has 3 N–H and O–H groups in total. The third-order valence-electron chi connectivity index (χ3n) is 4.00. The van der Waals surface area contributed by atoms with Crippen LogP contribution in [-0.4, -0.2) is 22.0 Å². The van der Waals surface area contributed by atoms with Crippen molar-refractivity contribution in [3.63, 3.8) is 0 Å². The number of pyridine rings is 1. The highest BCUT2D eigenvalue weighted by atomic mass is 16.4. The predicted octanol–water partition coefficient (Wildman–Crippen LogP) is 3.79. The van der Waals surface area contributed by atoms with Crippen LogP contribution >= 0.6 is 0 Å². The van der Waals surface area contributed by atoms with E-state index in [1.807, 2.05) is 33.8 Å². The summed E-state index contributed by atoms with van der Waals surface area (Å²) in [6, 6.07) is 6.89. The van der Waals surface area contributed by atoms with E-state index in [2.05, 4.69) is 4.98 Å². The second kappa shape index (κ2) is 6.83. The van der Waals surface area contributed by atoms with Gasteiger partial charge in [0.25, 0.3) is 0 Å². The van der Waals surface area contributed by atoms with Gasteiger partial charge >= 0.3 is 5.97 Å². The zero-order valence-corrected chi connectivity index (χ0v) is 14.3. The van der Waals surface area contributed by atoms with E-state index in [1.165, 1.54) is 6.20 Å². The Morgan fingerprint density at radius 2 is 1.75 bits per heavy atom. The van der Waals surface area contributed by atoms with Gasteiger partial charge in [-0.3, -0.25) is 4.79 Å². The Morgan fingerprint density at radius 1 is 1.08 bits per heavy atom. The number of carboxylic acids is 1. The van der Waals surface area contributed by atoms with Gasteiger partial charge in [0.2, 0.25) is 5.91 Å². The molecule has 0 fully saturated rings. The number of carbonyl (C=O) groups excluding carboxylic acids is 1. The summed E-state index contributed by atoms with van der Waals surface area (Å²) in [5.41, 5.74) is 9.04. The molecule has 1 aromatic heterocycles. The number of aromatic carboxylic acids is 1.